The predicted octanol–water partition coefficient (Wildman–Crippen LogP) is 1.10. The summed E-state index contributed by atoms with van der Waals surface area (Å²) in [5.74, 6) is 0.328. The van der Waals surface area contributed by atoms with Gasteiger partial charge in [0.05, 0.1) is 15.9 Å². The second-order valence-corrected chi connectivity index (χ2v) is 7.18. The number of rotatable bonds is 3. The van der Waals surface area contributed by atoms with Crippen LogP contribution in [0.1, 0.15) is 0 Å². The summed E-state index contributed by atoms with van der Waals surface area (Å²) in [6.07, 6.45) is 1.53. The Balaban J connectivity index is 2.16. The minimum atomic E-state index is -3.76. The predicted molar refractivity (Wildman–Crippen MR) is 88.0 cm³/mol. The average Bonchev–Trinajstić information content (AvgIpc) is 2.79. The lowest BCUT2D eigenvalue weighted by Gasteiger charge is -2.18. The van der Waals surface area contributed by atoms with Gasteiger partial charge in [-0.25, -0.2) is 18.2 Å². The number of nitrogens with zero attached hydrogens (tertiary/aromatic N) is 4. The molecule has 0 atom stereocenters. The van der Waals surface area contributed by atoms with Crippen molar-refractivity contribution in [1.29, 1.82) is 0 Å². The van der Waals surface area contributed by atoms with Crippen LogP contribution in [0.3, 0.4) is 0 Å². The summed E-state index contributed by atoms with van der Waals surface area (Å²) >= 11 is 0. The Morgan fingerprint density at radius 1 is 1.04 bits per heavy atom. The third kappa shape index (κ3) is 2.31. The molecule has 0 saturated heterocycles. The molecule has 8 heteroatoms. The number of aryl methyl sites for hydroxylation is 2. The first-order chi connectivity index (χ1) is 10.8. The molecule has 2 heterocycles. The van der Waals surface area contributed by atoms with E-state index in [1.807, 2.05) is 0 Å². The lowest BCUT2D eigenvalue weighted by Crippen LogP contribution is -2.27. The van der Waals surface area contributed by atoms with Crippen LogP contribution in [0.4, 0.5) is 5.82 Å². The van der Waals surface area contributed by atoms with Crippen molar-refractivity contribution in [2.45, 2.75) is 4.90 Å². The lowest BCUT2D eigenvalue weighted by molar-refractivity contribution is 0.594. The lowest BCUT2D eigenvalue weighted by atomic mass is 10.3. The van der Waals surface area contributed by atoms with Crippen LogP contribution < -0.4 is 9.99 Å². The maximum absolute atomic E-state index is 12.8. The van der Waals surface area contributed by atoms with E-state index in [1.54, 1.807) is 38.4 Å². The first-order valence-electron chi connectivity index (χ1n) is 6.89. The number of hydrogen-bond acceptors (Lipinski definition) is 4. The minimum Gasteiger partial charge on any atom is -0.295 e. The van der Waals surface area contributed by atoms with Crippen LogP contribution in [0.15, 0.2) is 52.3 Å². The summed E-state index contributed by atoms with van der Waals surface area (Å²) < 4.78 is 29.6. The van der Waals surface area contributed by atoms with Gasteiger partial charge in [-0.1, -0.05) is 6.07 Å². The van der Waals surface area contributed by atoms with Crippen molar-refractivity contribution in [3.8, 4) is 0 Å². The van der Waals surface area contributed by atoms with E-state index in [4.69, 9.17) is 0 Å². The van der Waals surface area contributed by atoms with Gasteiger partial charge in [-0.3, -0.25) is 13.4 Å². The van der Waals surface area contributed by atoms with Gasteiger partial charge in [0.25, 0.3) is 10.0 Å². The van der Waals surface area contributed by atoms with E-state index in [0.29, 0.717) is 16.9 Å². The molecule has 0 aliphatic rings. The van der Waals surface area contributed by atoms with Crippen molar-refractivity contribution in [2.24, 2.45) is 14.1 Å². The van der Waals surface area contributed by atoms with Gasteiger partial charge in [0.1, 0.15) is 5.82 Å². The molecule has 3 aromatic rings. The molecule has 0 aliphatic heterocycles. The molecule has 0 N–H and O–H groups in total. The number of hydrogen-bond donors (Lipinski definition) is 0. The van der Waals surface area contributed by atoms with Crippen LogP contribution >= 0.6 is 0 Å². The number of aromatic nitrogens is 3. The summed E-state index contributed by atoms with van der Waals surface area (Å²) in [7, 11) is 0.959. The zero-order valence-corrected chi connectivity index (χ0v) is 13.8. The molecular formula is C15H16N4O3S. The normalized spacial score (nSPS) is 11.8. The van der Waals surface area contributed by atoms with Crippen LogP contribution in [0.25, 0.3) is 11.0 Å². The van der Waals surface area contributed by atoms with E-state index >= 15 is 0 Å². The Hall–Kier alpha value is -2.61. The van der Waals surface area contributed by atoms with Crippen molar-refractivity contribution in [3.05, 3.63) is 53.1 Å². The number of fused-ring (bicyclic) bond motifs is 1. The molecule has 0 bridgehead atoms. The summed E-state index contributed by atoms with van der Waals surface area (Å²) in [6.45, 7) is 0. The fourth-order valence-electron chi connectivity index (χ4n) is 2.47. The average molecular weight is 332 g/mol. The molecule has 2 aromatic heterocycles. The highest BCUT2D eigenvalue weighted by molar-refractivity contribution is 7.92. The van der Waals surface area contributed by atoms with E-state index in [-0.39, 0.29) is 10.6 Å². The quantitative estimate of drug-likeness (QED) is 0.719. The van der Waals surface area contributed by atoms with Crippen LogP contribution in [0.2, 0.25) is 0 Å². The van der Waals surface area contributed by atoms with Gasteiger partial charge >= 0.3 is 5.69 Å². The van der Waals surface area contributed by atoms with Crippen molar-refractivity contribution in [2.75, 3.05) is 11.4 Å². The smallest absolute Gasteiger partial charge is 0.295 e. The molecule has 0 fully saturated rings. The fraction of sp³-hybridized carbons (Fsp3) is 0.200. The zero-order valence-electron chi connectivity index (χ0n) is 13.0. The topological polar surface area (TPSA) is 77.2 Å². The van der Waals surface area contributed by atoms with E-state index in [1.165, 1.54) is 34.5 Å². The molecule has 0 unspecified atom stereocenters. The summed E-state index contributed by atoms with van der Waals surface area (Å²) in [6, 6.07) is 9.69. The minimum absolute atomic E-state index is 0.111. The van der Waals surface area contributed by atoms with E-state index < -0.39 is 10.0 Å². The fourth-order valence-corrected chi connectivity index (χ4v) is 3.64. The molecule has 0 amide bonds. The molecule has 0 aliphatic carbocycles. The molecule has 0 saturated carbocycles. The highest BCUT2D eigenvalue weighted by atomic mass is 32.2. The Morgan fingerprint density at radius 3 is 2.39 bits per heavy atom. The van der Waals surface area contributed by atoms with Gasteiger partial charge < -0.3 is 0 Å². The molecule has 1 aromatic carbocycles. The van der Waals surface area contributed by atoms with Gasteiger partial charge in [0, 0.05) is 27.3 Å². The highest BCUT2D eigenvalue weighted by Crippen LogP contribution is 2.23. The number of anilines is 1. The molecule has 3 rings (SSSR count). The maximum Gasteiger partial charge on any atom is 0.328 e. The molecule has 23 heavy (non-hydrogen) atoms. The molecule has 0 spiro atoms. The van der Waals surface area contributed by atoms with E-state index in [0.717, 1.165) is 4.31 Å². The van der Waals surface area contributed by atoms with Gasteiger partial charge in [-0.2, -0.15) is 0 Å². The van der Waals surface area contributed by atoms with Crippen LogP contribution in [-0.4, -0.2) is 29.6 Å². The summed E-state index contributed by atoms with van der Waals surface area (Å²) in [5, 5.41) is 0. The maximum atomic E-state index is 12.8. The first kappa shape index (κ1) is 15.3. The Bertz CT molecular complexity index is 1040. The summed E-state index contributed by atoms with van der Waals surface area (Å²) in [5.41, 5.74) is 1.04. The van der Waals surface area contributed by atoms with Crippen LogP contribution in [0, 0.1) is 0 Å². The molecule has 120 valence electrons. The van der Waals surface area contributed by atoms with E-state index in [2.05, 4.69) is 4.98 Å². The molecular weight excluding hydrogens is 316 g/mol. The highest BCUT2D eigenvalue weighted by Gasteiger charge is 2.23. The number of imidazole rings is 1. The van der Waals surface area contributed by atoms with Gasteiger partial charge in [-0.05, 0) is 30.3 Å². The number of pyridine rings is 1. The van der Waals surface area contributed by atoms with Crippen molar-refractivity contribution in [3.63, 3.8) is 0 Å². The summed E-state index contributed by atoms with van der Waals surface area (Å²) in [4.78, 5) is 16.1. The number of sulfonamides is 1. The SMILES string of the molecule is CN(c1ccccn1)S(=O)(=O)c1ccc2c(c1)n(C)c(=O)n2C. The Labute approximate surface area is 133 Å². The third-order valence-corrected chi connectivity index (χ3v) is 5.63. The number of benzene rings is 1. The molecule has 0 radical (unpaired) electrons. The molecule has 7 nitrogen and oxygen atoms in total. The zero-order chi connectivity index (χ0) is 16.8. The monoisotopic (exact) mass is 332 g/mol. The van der Waals surface area contributed by atoms with Gasteiger partial charge in [0.15, 0.2) is 0 Å². The van der Waals surface area contributed by atoms with Crippen LogP contribution in [-0.2, 0) is 24.1 Å². The second-order valence-electron chi connectivity index (χ2n) is 5.21. The standard InChI is InChI=1S/C15H16N4O3S/c1-17-12-8-7-11(10-13(12)18(2)15(17)20)23(21,22)19(3)14-6-4-5-9-16-14/h4-10H,1-3H3. The second kappa shape index (κ2) is 5.24. The van der Waals surface area contributed by atoms with E-state index in [9.17, 15) is 13.2 Å². The van der Waals surface area contributed by atoms with Crippen molar-refractivity contribution < 1.29 is 8.42 Å². The van der Waals surface area contributed by atoms with Crippen molar-refractivity contribution >= 4 is 26.9 Å². The van der Waals surface area contributed by atoms with Crippen molar-refractivity contribution in [1.82, 2.24) is 14.1 Å². The largest absolute Gasteiger partial charge is 0.328 e. The third-order valence-electron chi connectivity index (χ3n) is 3.87. The first-order valence-corrected chi connectivity index (χ1v) is 8.33. The Kier molecular flexibility index (Phi) is 3.48. The van der Waals surface area contributed by atoms with Gasteiger partial charge in [0.2, 0.25) is 0 Å². The van der Waals surface area contributed by atoms with Crippen LogP contribution in [0.5, 0.6) is 0 Å². The Morgan fingerprint density at radius 2 is 1.74 bits per heavy atom. The van der Waals surface area contributed by atoms with Gasteiger partial charge in [-0.15, -0.1) is 0 Å².